The van der Waals surface area contributed by atoms with Crippen LogP contribution in [-0.2, 0) is 0 Å². The fraction of sp³-hybridized carbons (Fsp3) is 0.429. The van der Waals surface area contributed by atoms with E-state index in [1.54, 1.807) is 0 Å². The fourth-order valence-corrected chi connectivity index (χ4v) is 1.68. The van der Waals surface area contributed by atoms with Crippen molar-refractivity contribution in [1.29, 1.82) is 0 Å². The van der Waals surface area contributed by atoms with Crippen LogP contribution in [0.4, 0.5) is 10.5 Å². The Morgan fingerprint density at radius 1 is 1.30 bits per heavy atom. The Hall–Kier alpha value is -2.24. The average Bonchev–Trinajstić information content (AvgIpc) is 2.43. The molecule has 0 saturated carbocycles. The van der Waals surface area contributed by atoms with Crippen LogP contribution in [-0.4, -0.2) is 30.8 Å². The van der Waals surface area contributed by atoms with E-state index < -0.39 is 12.0 Å². The highest BCUT2D eigenvalue weighted by Crippen LogP contribution is 2.22. The number of ether oxygens (including phenoxy) is 1. The first kappa shape index (κ1) is 15.8. The van der Waals surface area contributed by atoms with Gasteiger partial charge >= 0.3 is 12.0 Å². The molecule has 0 aliphatic rings. The van der Waals surface area contributed by atoms with E-state index in [2.05, 4.69) is 17.6 Å². The second kappa shape index (κ2) is 8.04. The van der Waals surface area contributed by atoms with E-state index in [0.717, 1.165) is 19.3 Å². The third kappa shape index (κ3) is 4.79. The first-order chi connectivity index (χ1) is 9.58. The van der Waals surface area contributed by atoms with E-state index in [1.165, 1.54) is 25.3 Å². The SMILES string of the molecule is CCCCCNC(=O)Nc1cc(OC)ccc1C(=O)O. The van der Waals surface area contributed by atoms with Crippen LogP contribution in [0.25, 0.3) is 0 Å². The van der Waals surface area contributed by atoms with Crippen LogP contribution < -0.4 is 15.4 Å². The van der Waals surface area contributed by atoms with E-state index in [-0.39, 0.29) is 11.3 Å². The Morgan fingerprint density at radius 2 is 2.05 bits per heavy atom. The fourth-order valence-electron chi connectivity index (χ4n) is 1.68. The lowest BCUT2D eigenvalue weighted by Gasteiger charge is -2.11. The normalized spacial score (nSPS) is 9.90. The zero-order chi connectivity index (χ0) is 15.0. The van der Waals surface area contributed by atoms with Crippen LogP contribution in [0.2, 0.25) is 0 Å². The van der Waals surface area contributed by atoms with Crippen molar-refractivity contribution < 1.29 is 19.4 Å². The van der Waals surface area contributed by atoms with Crippen molar-refractivity contribution >= 4 is 17.7 Å². The van der Waals surface area contributed by atoms with E-state index in [4.69, 9.17) is 9.84 Å². The Balaban J connectivity index is 2.69. The number of amides is 2. The van der Waals surface area contributed by atoms with Gasteiger partial charge in [-0.2, -0.15) is 0 Å². The van der Waals surface area contributed by atoms with Crippen LogP contribution >= 0.6 is 0 Å². The molecular formula is C14H20N2O4. The van der Waals surface area contributed by atoms with Gasteiger partial charge in [-0.3, -0.25) is 0 Å². The molecule has 1 rings (SSSR count). The predicted molar refractivity (Wildman–Crippen MR) is 76.5 cm³/mol. The minimum atomic E-state index is -1.10. The monoisotopic (exact) mass is 280 g/mol. The summed E-state index contributed by atoms with van der Waals surface area (Å²) in [4.78, 5) is 22.8. The largest absolute Gasteiger partial charge is 0.497 e. The number of carboxylic acids is 1. The van der Waals surface area contributed by atoms with Crippen molar-refractivity contribution in [3.63, 3.8) is 0 Å². The summed E-state index contributed by atoms with van der Waals surface area (Å²) in [5.74, 6) is -0.620. The van der Waals surface area contributed by atoms with Gasteiger partial charge in [-0.15, -0.1) is 0 Å². The molecule has 2 amide bonds. The molecule has 0 aromatic heterocycles. The third-order valence-corrected chi connectivity index (χ3v) is 2.77. The van der Waals surface area contributed by atoms with Crippen molar-refractivity contribution in [3.8, 4) is 5.75 Å². The Kier molecular flexibility index (Phi) is 6.36. The van der Waals surface area contributed by atoms with Crippen molar-refractivity contribution in [1.82, 2.24) is 5.32 Å². The quantitative estimate of drug-likeness (QED) is 0.670. The third-order valence-electron chi connectivity index (χ3n) is 2.77. The number of methoxy groups -OCH3 is 1. The average molecular weight is 280 g/mol. The number of nitrogens with one attached hydrogen (secondary N) is 2. The molecule has 6 nitrogen and oxygen atoms in total. The molecule has 1 aromatic rings. The highest BCUT2D eigenvalue weighted by atomic mass is 16.5. The van der Waals surface area contributed by atoms with Gasteiger partial charge in [0.15, 0.2) is 0 Å². The Bertz CT molecular complexity index is 474. The lowest BCUT2D eigenvalue weighted by atomic mass is 10.1. The molecule has 0 saturated heterocycles. The molecule has 1 aromatic carbocycles. The summed E-state index contributed by atoms with van der Waals surface area (Å²) >= 11 is 0. The number of hydrogen-bond donors (Lipinski definition) is 3. The molecule has 0 aliphatic carbocycles. The maximum atomic E-state index is 11.7. The number of urea groups is 1. The second-order valence-corrected chi connectivity index (χ2v) is 4.30. The first-order valence-electron chi connectivity index (χ1n) is 6.54. The van der Waals surface area contributed by atoms with E-state index in [0.29, 0.717) is 12.3 Å². The molecule has 0 unspecified atom stereocenters. The summed E-state index contributed by atoms with van der Waals surface area (Å²) in [6, 6.07) is 3.99. The number of hydrogen-bond acceptors (Lipinski definition) is 3. The molecular weight excluding hydrogens is 260 g/mol. The number of carboxylic acid groups (broad SMARTS) is 1. The van der Waals surface area contributed by atoms with E-state index in [9.17, 15) is 9.59 Å². The van der Waals surface area contributed by atoms with Gasteiger partial charge in [0.05, 0.1) is 18.4 Å². The maximum absolute atomic E-state index is 11.7. The van der Waals surface area contributed by atoms with Gasteiger partial charge in [0.1, 0.15) is 5.75 Å². The number of unbranched alkanes of at least 4 members (excludes halogenated alkanes) is 2. The summed E-state index contributed by atoms with van der Waals surface area (Å²) in [5.41, 5.74) is 0.236. The smallest absolute Gasteiger partial charge is 0.337 e. The summed E-state index contributed by atoms with van der Waals surface area (Å²) < 4.78 is 5.02. The van der Waals surface area contributed by atoms with Crippen molar-refractivity contribution in [2.24, 2.45) is 0 Å². The van der Waals surface area contributed by atoms with Crippen molar-refractivity contribution in [2.75, 3.05) is 19.0 Å². The van der Waals surface area contributed by atoms with E-state index >= 15 is 0 Å². The summed E-state index contributed by atoms with van der Waals surface area (Å²) in [6.07, 6.45) is 3.01. The standard InChI is InChI=1S/C14H20N2O4/c1-3-4-5-8-15-14(19)16-12-9-10(20-2)6-7-11(12)13(17)18/h6-7,9H,3-5,8H2,1-2H3,(H,17,18)(H2,15,16,19). The molecule has 0 atom stereocenters. The van der Waals surface area contributed by atoms with Gasteiger partial charge in [0, 0.05) is 12.6 Å². The molecule has 3 N–H and O–H groups in total. The van der Waals surface area contributed by atoms with Gasteiger partial charge in [-0.1, -0.05) is 19.8 Å². The minimum Gasteiger partial charge on any atom is -0.497 e. The summed E-state index contributed by atoms with van der Waals surface area (Å²) in [5, 5.41) is 14.3. The van der Waals surface area contributed by atoms with Gasteiger partial charge in [0.25, 0.3) is 0 Å². The van der Waals surface area contributed by atoms with Crippen LogP contribution in [0.3, 0.4) is 0 Å². The number of carbonyl (C=O) groups is 2. The van der Waals surface area contributed by atoms with Crippen LogP contribution in [0, 0.1) is 0 Å². The van der Waals surface area contributed by atoms with Gasteiger partial charge < -0.3 is 20.5 Å². The molecule has 0 bridgehead atoms. The number of benzene rings is 1. The molecule has 0 aliphatic heterocycles. The topological polar surface area (TPSA) is 87.7 Å². The van der Waals surface area contributed by atoms with Gasteiger partial charge in [-0.05, 0) is 18.6 Å². The van der Waals surface area contributed by atoms with Crippen LogP contribution in [0.5, 0.6) is 5.75 Å². The zero-order valence-electron chi connectivity index (χ0n) is 11.7. The number of rotatable bonds is 7. The first-order valence-corrected chi connectivity index (χ1v) is 6.54. The Morgan fingerprint density at radius 3 is 2.65 bits per heavy atom. The number of anilines is 1. The molecule has 0 heterocycles. The highest BCUT2D eigenvalue weighted by Gasteiger charge is 2.13. The molecule has 0 radical (unpaired) electrons. The minimum absolute atomic E-state index is 0.0227. The van der Waals surface area contributed by atoms with Crippen molar-refractivity contribution in [3.05, 3.63) is 23.8 Å². The van der Waals surface area contributed by atoms with E-state index in [1.807, 2.05) is 0 Å². The highest BCUT2D eigenvalue weighted by molar-refractivity contribution is 6.00. The van der Waals surface area contributed by atoms with Crippen molar-refractivity contribution in [2.45, 2.75) is 26.2 Å². The molecule has 0 fully saturated rings. The van der Waals surface area contributed by atoms with Gasteiger partial charge in [0.2, 0.25) is 0 Å². The zero-order valence-corrected chi connectivity index (χ0v) is 11.7. The molecule has 6 heteroatoms. The Labute approximate surface area is 118 Å². The lowest BCUT2D eigenvalue weighted by molar-refractivity contribution is 0.0698. The van der Waals surface area contributed by atoms with Crippen LogP contribution in [0.15, 0.2) is 18.2 Å². The second-order valence-electron chi connectivity index (χ2n) is 4.30. The predicted octanol–water partition coefficient (Wildman–Crippen LogP) is 2.71. The summed E-state index contributed by atoms with van der Waals surface area (Å²) in [7, 11) is 1.48. The molecule has 110 valence electrons. The summed E-state index contributed by atoms with van der Waals surface area (Å²) in [6.45, 7) is 2.64. The van der Waals surface area contributed by atoms with Gasteiger partial charge in [-0.25, -0.2) is 9.59 Å². The molecule has 20 heavy (non-hydrogen) atoms. The number of carbonyl (C=O) groups excluding carboxylic acids is 1. The molecule has 0 spiro atoms. The maximum Gasteiger partial charge on any atom is 0.337 e. The van der Waals surface area contributed by atoms with Crippen LogP contribution in [0.1, 0.15) is 36.5 Å². The number of aromatic carboxylic acids is 1. The lowest BCUT2D eigenvalue weighted by Crippen LogP contribution is -2.30.